The van der Waals surface area contributed by atoms with Gasteiger partial charge in [-0.1, -0.05) is 30.3 Å². The van der Waals surface area contributed by atoms with Crippen LogP contribution in [0, 0.1) is 10.1 Å². The van der Waals surface area contributed by atoms with Crippen LogP contribution in [0.2, 0.25) is 0 Å². The zero-order valence-electron chi connectivity index (χ0n) is 14.3. The second-order valence-electron chi connectivity index (χ2n) is 5.71. The fraction of sp³-hybridized carbons (Fsp3) is 0.0500. The Kier molecular flexibility index (Phi) is 5.39. The number of nitro groups is 1. The van der Waals surface area contributed by atoms with Crippen molar-refractivity contribution in [1.29, 1.82) is 0 Å². The largest absolute Gasteiger partial charge is 0.450 e. The molecule has 0 atom stereocenters. The van der Waals surface area contributed by atoms with E-state index in [9.17, 15) is 23.3 Å². The van der Waals surface area contributed by atoms with Crippen molar-refractivity contribution in [2.24, 2.45) is 4.99 Å². The van der Waals surface area contributed by atoms with Crippen molar-refractivity contribution in [2.45, 2.75) is 6.18 Å². The Balaban J connectivity index is 1.86. The minimum atomic E-state index is -4.68. The summed E-state index contributed by atoms with van der Waals surface area (Å²) >= 11 is 0. The van der Waals surface area contributed by atoms with E-state index in [0.29, 0.717) is 11.6 Å². The summed E-state index contributed by atoms with van der Waals surface area (Å²) in [6, 6.07) is 17.8. The van der Waals surface area contributed by atoms with Crippen LogP contribution in [0.3, 0.4) is 0 Å². The van der Waals surface area contributed by atoms with Crippen molar-refractivity contribution in [3.05, 3.63) is 94.0 Å². The number of rotatable bonds is 5. The molecular formula is C20H13F3N2O3. The molecule has 0 amide bonds. The van der Waals surface area contributed by atoms with Crippen LogP contribution in [0.15, 0.2) is 77.8 Å². The Morgan fingerprint density at radius 2 is 1.71 bits per heavy atom. The molecule has 0 radical (unpaired) electrons. The first kappa shape index (κ1) is 19.1. The summed E-state index contributed by atoms with van der Waals surface area (Å²) < 4.78 is 43.8. The third-order valence-electron chi connectivity index (χ3n) is 3.69. The first-order chi connectivity index (χ1) is 13.3. The maximum absolute atomic E-state index is 12.8. The van der Waals surface area contributed by atoms with E-state index >= 15 is 0 Å². The second-order valence-corrected chi connectivity index (χ2v) is 5.71. The van der Waals surface area contributed by atoms with Crippen LogP contribution in [0.5, 0.6) is 11.5 Å². The van der Waals surface area contributed by atoms with Gasteiger partial charge in [0.2, 0.25) is 5.75 Å². The number of ether oxygens (including phenoxy) is 1. The molecule has 0 N–H and O–H groups in total. The van der Waals surface area contributed by atoms with Crippen molar-refractivity contribution < 1.29 is 22.8 Å². The molecule has 0 saturated heterocycles. The average Bonchev–Trinajstić information content (AvgIpc) is 2.67. The van der Waals surface area contributed by atoms with Gasteiger partial charge in [0.25, 0.3) is 0 Å². The number of para-hydroxylation sites is 1. The number of halogens is 3. The molecule has 3 aromatic carbocycles. The quantitative estimate of drug-likeness (QED) is 0.300. The lowest BCUT2D eigenvalue weighted by Crippen LogP contribution is -2.06. The smallest absolute Gasteiger partial charge is 0.416 e. The van der Waals surface area contributed by atoms with Gasteiger partial charge in [0.05, 0.1) is 16.2 Å². The molecule has 0 aliphatic heterocycles. The maximum Gasteiger partial charge on any atom is 0.416 e. The predicted molar refractivity (Wildman–Crippen MR) is 98.3 cm³/mol. The Morgan fingerprint density at radius 1 is 0.964 bits per heavy atom. The van der Waals surface area contributed by atoms with Crippen LogP contribution in [-0.2, 0) is 6.18 Å². The molecule has 0 fully saturated rings. The Hall–Kier alpha value is -3.68. The van der Waals surface area contributed by atoms with E-state index in [1.165, 1.54) is 0 Å². The first-order valence-electron chi connectivity index (χ1n) is 8.05. The number of nitro benzene ring substituents is 1. The van der Waals surface area contributed by atoms with Gasteiger partial charge in [-0.3, -0.25) is 15.1 Å². The Bertz CT molecular complexity index is 1020. The molecule has 0 saturated carbocycles. The number of aliphatic imine (C=N–C) groups is 1. The number of nitrogens with zero attached hydrogens (tertiary/aromatic N) is 2. The highest BCUT2D eigenvalue weighted by molar-refractivity contribution is 5.82. The third kappa shape index (κ3) is 4.73. The van der Waals surface area contributed by atoms with Crippen molar-refractivity contribution in [2.75, 3.05) is 0 Å². The van der Waals surface area contributed by atoms with Crippen LogP contribution >= 0.6 is 0 Å². The summed E-state index contributed by atoms with van der Waals surface area (Å²) in [4.78, 5) is 14.5. The molecule has 0 aliphatic carbocycles. The van der Waals surface area contributed by atoms with E-state index in [0.717, 1.165) is 17.8 Å². The van der Waals surface area contributed by atoms with Crippen LogP contribution in [0.4, 0.5) is 24.5 Å². The molecular weight excluding hydrogens is 373 g/mol. The summed E-state index contributed by atoms with van der Waals surface area (Å²) in [5.74, 6) is -0.0463. The van der Waals surface area contributed by atoms with Crippen molar-refractivity contribution in [3.8, 4) is 11.5 Å². The fourth-order valence-electron chi connectivity index (χ4n) is 2.37. The number of hydrogen-bond donors (Lipinski definition) is 0. The molecule has 0 spiro atoms. The van der Waals surface area contributed by atoms with E-state index < -0.39 is 22.4 Å². The lowest BCUT2D eigenvalue weighted by atomic mass is 10.1. The standard InChI is InChI=1S/C20H13F3N2O3/c21-20(22,23)15-9-10-19(18(12-15)25(26)27)28-17-8-4-5-14(11-17)13-24-16-6-2-1-3-7-16/h1-13H. The predicted octanol–water partition coefficient (Wildman–Crippen LogP) is 6.16. The van der Waals surface area contributed by atoms with E-state index in [1.807, 2.05) is 30.3 Å². The SMILES string of the molecule is O=[N+]([O-])c1cc(C(F)(F)F)ccc1Oc1cccc(C=Nc2ccccc2)c1. The van der Waals surface area contributed by atoms with Crippen LogP contribution in [0.1, 0.15) is 11.1 Å². The minimum absolute atomic E-state index is 0.236. The molecule has 0 bridgehead atoms. The molecule has 0 unspecified atom stereocenters. The molecule has 3 rings (SSSR count). The summed E-state index contributed by atoms with van der Waals surface area (Å²) in [7, 11) is 0. The normalized spacial score (nSPS) is 11.5. The Morgan fingerprint density at radius 3 is 2.39 bits per heavy atom. The molecule has 3 aromatic rings. The van der Waals surface area contributed by atoms with E-state index in [2.05, 4.69) is 4.99 Å². The van der Waals surface area contributed by atoms with Gasteiger partial charge in [0.15, 0.2) is 0 Å². The van der Waals surface area contributed by atoms with Gasteiger partial charge in [0.1, 0.15) is 5.75 Å². The van der Waals surface area contributed by atoms with Gasteiger partial charge >= 0.3 is 11.9 Å². The monoisotopic (exact) mass is 386 g/mol. The first-order valence-corrected chi connectivity index (χ1v) is 8.05. The highest BCUT2D eigenvalue weighted by Gasteiger charge is 2.33. The van der Waals surface area contributed by atoms with Gasteiger partial charge in [-0.25, -0.2) is 0 Å². The second kappa shape index (κ2) is 7.91. The number of hydrogen-bond acceptors (Lipinski definition) is 4. The minimum Gasteiger partial charge on any atom is -0.450 e. The molecule has 142 valence electrons. The van der Waals surface area contributed by atoms with E-state index in [1.54, 1.807) is 30.5 Å². The van der Waals surface area contributed by atoms with Crippen molar-refractivity contribution in [3.63, 3.8) is 0 Å². The highest BCUT2D eigenvalue weighted by Crippen LogP contribution is 2.37. The van der Waals surface area contributed by atoms with Crippen LogP contribution < -0.4 is 4.74 Å². The number of alkyl halides is 3. The maximum atomic E-state index is 12.8. The summed E-state index contributed by atoms with van der Waals surface area (Å²) in [6.45, 7) is 0. The summed E-state index contributed by atoms with van der Waals surface area (Å²) in [6.07, 6.45) is -3.10. The molecule has 0 heterocycles. The Labute approximate surface area is 157 Å². The molecule has 0 aliphatic rings. The van der Waals surface area contributed by atoms with Crippen molar-refractivity contribution in [1.82, 2.24) is 0 Å². The zero-order valence-corrected chi connectivity index (χ0v) is 14.3. The van der Waals surface area contributed by atoms with Gasteiger partial charge in [-0.15, -0.1) is 0 Å². The van der Waals surface area contributed by atoms with Gasteiger partial charge in [-0.05, 0) is 42.0 Å². The van der Waals surface area contributed by atoms with E-state index in [4.69, 9.17) is 4.74 Å². The lowest BCUT2D eigenvalue weighted by molar-refractivity contribution is -0.385. The van der Waals surface area contributed by atoms with Gasteiger partial charge in [-0.2, -0.15) is 13.2 Å². The zero-order chi connectivity index (χ0) is 20.1. The van der Waals surface area contributed by atoms with Crippen LogP contribution in [0.25, 0.3) is 0 Å². The van der Waals surface area contributed by atoms with E-state index in [-0.39, 0.29) is 11.5 Å². The lowest BCUT2D eigenvalue weighted by Gasteiger charge is -2.10. The highest BCUT2D eigenvalue weighted by atomic mass is 19.4. The van der Waals surface area contributed by atoms with Crippen molar-refractivity contribution >= 4 is 17.6 Å². The average molecular weight is 386 g/mol. The number of benzene rings is 3. The topological polar surface area (TPSA) is 64.7 Å². The molecule has 0 aromatic heterocycles. The summed E-state index contributed by atoms with van der Waals surface area (Å²) in [5, 5.41) is 11.2. The molecule has 8 heteroatoms. The summed E-state index contributed by atoms with van der Waals surface area (Å²) in [5.41, 5.74) is -0.475. The van der Waals surface area contributed by atoms with Crippen LogP contribution in [-0.4, -0.2) is 11.1 Å². The molecule has 28 heavy (non-hydrogen) atoms. The van der Waals surface area contributed by atoms with Gasteiger partial charge in [0, 0.05) is 12.3 Å². The fourth-order valence-corrected chi connectivity index (χ4v) is 2.37. The molecule has 5 nitrogen and oxygen atoms in total. The van der Waals surface area contributed by atoms with Gasteiger partial charge < -0.3 is 4.74 Å². The third-order valence-corrected chi connectivity index (χ3v) is 3.69.